The quantitative estimate of drug-likeness (QED) is 0.541. The van der Waals surface area contributed by atoms with Gasteiger partial charge in [-0.3, -0.25) is 9.59 Å². The molecule has 3 N–H and O–H groups in total. The number of carbonyl (C=O) groups excluding carboxylic acids is 1. The number of nitrogens with zero attached hydrogens (tertiary/aromatic N) is 1. The smallest absolute Gasteiger partial charge is 0.304 e. The second-order valence-electron chi connectivity index (χ2n) is 7.56. The van der Waals surface area contributed by atoms with Crippen LogP contribution in [0.15, 0.2) is 60.0 Å². The van der Waals surface area contributed by atoms with Crippen LogP contribution in [0.2, 0.25) is 5.02 Å². The Bertz CT molecular complexity index is 1100. The summed E-state index contributed by atoms with van der Waals surface area (Å²) in [5, 5.41) is 26.3. The maximum Gasteiger partial charge on any atom is 0.304 e. The Morgan fingerprint density at radius 3 is 2.61 bits per heavy atom. The van der Waals surface area contributed by atoms with E-state index in [-0.39, 0.29) is 6.54 Å². The molecule has 31 heavy (non-hydrogen) atoms. The van der Waals surface area contributed by atoms with Crippen LogP contribution in [-0.4, -0.2) is 39.7 Å². The van der Waals surface area contributed by atoms with Crippen molar-refractivity contribution in [1.29, 1.82) is 0 Å². The summed E-state index contributed by atoms with van der Waals surface area (Å²) in [7, 11) is 0. The number of carbonyl (C=O) groups is 2. The molecule has 0 aliphatic carbocycles. The van der Waals surface area contributed by atoms with Gasteiger partial charge in [0.15, 0.2) is 0 Å². The SMILES string of the molecule is O=C(O)C[C@@]1(c2nc(-c3ccccc3Cl)cs2)C(=O)NCC[C@@H](O)[C@H]1c1ccccc1. The van der Waals surface area contributed by atoms with Crippen LogP contribution >= 0.6 is 22.9 Å². The van der Waals surface area contributed by atoms with Gasteiger partial charge in [0, 0.05) is 28.4 Å². The molecule has 3 aromatic rings. The summed E-state index contributed by atoms with van der Waals surface area (Å²) in [6.45, 7) is 0.257. The molecule has 1 aliphatic rings. The number of halogens is 1. The highest BCUT2D eigenvalue weighted by Crippen LogP contribution is 2.48. The van der Waals surface area contributed by atoms with E-state index >= 15 is 0 Å². The van der Waals surface area contributed by atoms with Gasteiger partial charge in [0.1, 0.15) is 10.4 Å². The molecular weight excluding hydrogens is 436 g/mol. The Hall–Kier alpha value is -2.74. The number of carboxylic acid groups (broad SMARTS) is 1. The topological polar surface area (TPSA) is 99.5 Å². The predicted molar refractivity (Wildman–Crippen MR) is 119 cm³/mol. The Labute approximate surface area is 188 Å². The maximum atomic E-state index is 13.5. The zero-order chi connectivity index (χ0) is 22.0. The number of thiazole rings is 1. The molecule has 3 atom stereocenters. The first-order valence-electron chi connectivity index (χ1n) is 9.87. The zero-order valence-electron chi connectivity index (χ0n) is 16.5. The lowest BCUT2D eigenvalue weighted by Gasteiger charge is -2.37. The van der Waals surface area contributed by atoms with Crippen LogP contribution in [-0.2, 0) is 15.0 Å². The molecule has 2 aromatic carbocycles. The van der Waals surface area contributed by atoms with Crippen LogP contribution in [0.1, 0.15) is 29.3 Å². The molecule has 4 rings (SSSR count). The number of aromatic nitrogens is 1. The summed E-state index contributed by atoms with van der Waals surface area (Å²) >= 11 is 7.54. The summed E-state index contributed by atoms with van der Waals surface area (Å²) in [4.78, 5) is 30.2. The second kappa shape index (κ2) is 8.78. The number of carboxylic acids is 1. The van der Waals surface area contributed by atoms with Crippen LogP contribution in [0.25, 0.3) is 11.3 Å². The normalized spacial score (nSPS) is 23.7. The number of aliphatic hydroxyl groups is 1. The van der Waals surface area contributed by atoms with E-state index in [0.717, 1.165) is 0 Å². The number of hydrogen-bond acceptors (Lipinski definition) is 5. The molecule has 6 nitrogen and oxygen atoms in total. The first-order valence-corrected chi connectivity index (χ1v) is 11.1. The maximum absolute atomic E-state index is 13.5. The number of rotatable bonds is 5. The van der Waals surface area contributed by atoms with Crippen molar-refractivity contribution >= 4 is 34.8 Å². The number of nitrogens with one attached hydrogen (secondary N) is 1. The highest BCUT2D eigenvalue weighted by atomic mass is 35.5. The first kappa shape index (κ1) is 21.5. The molecule has 2 heterocycles. The Morgan fingerprint density at radius 2 is 1.90 bits per heavy atom. The summed E-state index contributed by atoms with van der Waals surface area (Å²) in [5.74, 6) is -2.35. The van der Waals surface area contributed by atoms with Crippen molar-refractivity contribution in [2.75, 3.05) is 6.54 Å². The molecule has 1 fully saturated rings. The minimum absolute atomic E-state index is 0.257. The van der Waals surface area contributed by atoms with E-state index in [9.17, 15) is 19.8 Å². The largest absolute Gasteiger partial charge is 0.481 e. The van der Waals surface area contributed by atoms with Gasteiger partial charge < -0.3 is 15.5 Å². The molecule has 1 saturated heterocycles. The lowest BCUT2D eigenvalue weighted by Crippen LogP contribution is -2.50. The van der Waals surface area contributed by atoms with Crippen LogP contribution in [0.4, 0.5) is 0 Å². The molecular formula is C23H21ClN2O4S. The van der Waals surface area contributed by atoms with E-state index in [1.54, 1.807) is 11.4 Å². The van der Waals surface area contributed by atoms with Crippen molar-refractivity contribution < 1.29 is 19.8 Å². The first-order chi connectivity index (χ1) is 14.9. The van der Waals surface area contributed by atoms with Gasteiger partial charge in [-0.2, -0.15) is 0 Å². The fourth-order valence-corrected chi connectivity index (χ4v) is 5.59. The molecule has 160 valence electrons. The number of hydrogen-bond donors (Lipinski definition) is 3. The lowest BCUT2D eigenvalue weighted by molar-refractivity contribution is -0.143. The van der Waals surface area contributed by atoms with Gasteiger partial charge >= 0.3 is 5.97 Å². The molecule has 1 aromatic heterocycles. The minimum atomic E-state index is -1.56. The molecule has 1 aliphatic heterocycles. The van der Waals surface area contributed by atoms with Gasteiger partial charge in [-0.1, -0.05) is 60.1 Å². The monoisotopic (exact) mass is 456 g/mol. The fourth-order valence-electron chi connectivity index (χ4n) is 4.30. The fraction of sp³-hybridized carbons (Fsp3) is 0.261. The third-order valence-electron chi connectivity index (χ3n) is 5.67. The third-order valence-corrected chi connectivity index (χ3v) is 7.02. The highest BCUT2D eigenvalue weighted by molar-refractivity contribution is 7.10. The van der Waals surface area contributed by atoms with Crippen molar-refractivity contribution in [2.45, 2.75) is 30.3 Å². The lowest BCUT2D eigenvalue weighted by atomic mass is 9.67. The molecule has 0 unspecified atom stereocenters. The van der Waals surface area contributed by atoms with Crippen LogP contribution in [0, 0.1) is 0 Å². The second-order valence-corrected chi connectivity index (χ2v) is 8.83. The Balaban J connectivity index is 1.93. The van der Waals surface area contributed by atoms with E-state index in [1.165, 1.54) is 11.3 Å². The van der Waals surface area contributed by atoms with E-state index in [0.29, 0.717) is 33.3 Å². The molecule has 0 spiro atoms. The van der Waals surface area contributed by atoms with Gasteiger partial charge in [0.25, 0.3) is 0 Å². The third kappa shape index (κ3) is 3.96. The van der Waals surface area contributed by atoms with Crippen molar-refractivity contribution in [2.24, 2.45) is 0 Å². The van der Waals surface area contributed by atoms with Gasteiger partial charge in [0.05, 0.1) is 18.2 Å². The number of amides is 1. The molecule has 1 amide bonds. The summed E-state index contributed by atoms with van der Waals surface area (Å²) < 4.78 is 0. The van der Waals surface area contributed by atoms with Crippen LogP contribution in [0.3, 0.4) is 0 Å². The molecule has 0 bridgehead atoms. The number of aliphatic carboxylic acids is 1. The van der Waals surface area contributed by atoms with Crippen molar-refractivity contribution in [3.8, 4) is 11.3 Å². The standard InChI is InChI=1S/C23H21ClN2O4S/c24-16-9-5-4-8-15(16)17-13-31-22(26-17)23(12-19(28)29)20(14-6-2-1-3-7-14)18(27)10-11-25-21(23)30/h1-9,13,18,20,27H,10-12H2,(H,25,30)(H,28,29)/t18-,20-,23+/m1/s1. The van der Waals surface area contributed by atoms with E-state index in [2.05, 4.69) is 5.32 Å². The Morgan fingerprint density at radius 1 is 1.19 bits per heavy atom. The molecule has 0 radical (unpaired) electrons. The Kier molecular flexibility index (Phi) is 6.09. The van der Waals surface area contributed by atoms with E-state index < -0.39 is 35.7 Å². The number of benzene rings is 2. The van der Waals surface area contributed by atoms with Crippen molar-refractivity contribution in [3.63, 3.8) is 0 Å². The molecule has 8 heteroatoms. The van der Waals surface area contributed by atoms with Gasteiger partial charge in [-0.25, -0.2) is 4.98 Å². The summed E-state index contributed by atoms with van der Waals surface area (Å²) in [6.07, 6.45) is -1.10. The molecule has 0 saturated carbocycles. The summed E-state index contributed by atoms with van der Waals surface area (Å²) in [6, 6.07) is 16.3. The van der Waals surface area contributed by atoms with Crippen LogP contribution < -0.4 is 5.32 Å². The highest BCUT2D eigenvalue weighted by Gasteiger charge is 2.55. The minimum Gasteiger partial charge on any atom is -0.481 e. The van der Waals surface area contributed by atoms with Crippen LogP contribution in [0.5, 0.6) is 0 Å². The van der Waals surface area contributed by atoms with E-state index in [4.69, 9.17) is 16.6 Å². The van der Waals surface area contributed by atoms with Gasteiger partial charge in [0.2, 0.25) is 5.91 Å². The van der Waals surface area contributed by atoms with Crippen molar-refractivity contribution in [3.05, 3.63) is 75.6 Å². The van der Waals surface area contributed by atoms with Crippen molar-refractivity contribution in [1.82, 2.24) is 10.3 Å². The average molecular weight is 457 g/mol. The van der Waals surface area contributed by atoms with E-state index in [1.807, 2.05) is 48.5 Å². The zero-order valence-corrected chi connectivity index (χ0v) is 18.1. The van der Waals surface area contributed by atoms with Gasteiger partial charge in [-0.05, 0) is 18.1 Å². The summed E-state index contributed by atoms with van der Waals surface area (Å²) in [5.41, 5.74) is 0.396. The average Bonchev–Trinajstić information content (AvgIpc) is 3.20. The number of aliphatic hydroxyl groups excluding tert-OH is 1. The predicted octanol–water partition coefficient (Wildman–Crippen LogP) is 3.84. The van der Waals surface area contributed by atoms with Gasteiger partial charge in [-0.15, -0.1) is 11.3 Å².